The third-order valence-electron chi connectivity index (χ3n) is 4.05. The molecule has 1 aliphatic carbocycles. The summed E-state index contributed by atoms with van der Waals surface area (Å²) < 4.78 is 0. The summed E-state index contributed by atoms with van der Waals surface area (Å²) in [6.07, 6.45) is 6.24. The van der Waals surface area contributed by atoms with Crippen LogP contribution in [-0.4, -0.2) is 15.9 Å². The predicted octanol–water partition coefficient (Wildman–Crippen LogP) is 3.17. The molecule has 0 radical (unpaired) electrons. The number of hydrogen-bond donors (Lipinski definition) is 1. The van der Waals surface area contributed by atoms with E-state index < -0.39 is 5.41 Å². The fraction of sp³-hybridized carbons (Fsp3) is 0.294. The van der Waals surface area contributed by atoms with Crippen LogP contribution in [0.5, 0.6) is 0 Å². The highest BCUT2D eigenvalue weighted by Crippen LogP contribution is 2.38. The molecule has 0 atom stereocenters. The van der Waals surface area contributed by atoms with Crippen LogP contribution in [-0.2, 0) is 4.79 Å². The summed E-state index contributed by atoms with van der Waals surface area (Å²) >= 11 is 0. The number of carbonyl (C=O) groups excluding carboxylic acids is 1. The molecule has 1 aromatic carbocycles. The first-order valence-corrected chi connectivity index (χ1v) is 7.34. The molecule has 1 aliphatic rings. The van der Waals surface area contributed by atoms with Gasteiger partial charge in [0.1, 0.15) is 5.41 Å². The van der Waals surface area contributed by atoms with Gasteiger partial charge in [0.05, 0.1) is 24.2 Å². The minimum Gasteiger partial charge on any atom is -0.322 e. The molecule has 1 aromatic heterocycles. The number of benzene rings is 1. The molecule has 0 unspecified atom stereocenters. The predicted molar refractivity (Wildman–Crippen MR) is 82.6 cm³/mol. The highest BCUT2D eigenvalue weighted by atomic mass is 16.2. The lowest BCUT2D eigenvalue weighted by Gasteiger charge is -2.18. The summed E-state index contributed by atoms with van der Waals surface area (Å²) in [5.41, 5.74) is 0.550. The summed E-state index contributed by atoms with van der Waals surface area (Å²) in [5, 5.41) is 12.1. The van der Waals surface area contributed by atoms with Crippen molar-refractivity contribution in [3.8, 4) is 17.5 Å². The molecule has 1 heterocycles. The Morgan fingerprint density at radius 3 is 2.36 bits per heavy atom. The SMILES string of the molecule is N#CC1(C(=O)Nc2cnc(-c3ccccc3)nc2)CCCC1. The van der Waals surface area contributed by atoms with Gasteiger partial charge >= 0.3 is 0 Å². The standard InChI is InChI=1S/C17H16N4O/c18-12-17(8-4-5-9-17)16(22)21-14-10-19-15(20-11-14)13-6-2-1-3-7-13/h1-3,6-7,10-11H,4-5,8-9H2,(H,21,22). The Labute approximate surface area is 129 Å². The van der Waals surface area contributed by atoms with Crippen molar-refractivity contribution < 1.29 is 4.79 Å². The van der Waals surface area contributed by atoms with Crippen LogP contribution in [0.25, 0.3) is 11.4 Å². The third-order valence-corrected chi connectivity index (χ3v) is 4.05. The molecule has 1 fully saturated rings. The molecule has 3 rings (SSSR count). The molecular weight excluding hydrogens is 276 g/mol. The maximum atomic E-state index is 12.3. The maximum absolute atomic E-state index is 12.3. The van der Waals surface area contributed by atoms with Gasteiger partial charge in [-0.25, -0.2) is 9.97 Å². The van der Waals surface area contributed by atoms with Gasteiger partial charge < -0.3 is 5.32 Å². The van der Waals surface area contributed by atoms with Crippen LogP contribution in [0.1, 0.15) is 25.7 Å². The smallest absolute Gasteiger partial charge is 0.244 e. The van der Waals surface area contributed by atoms with Crippen LogP contribution < -0.4 is 5.32 Å². The van der Waals surface area contributed by atoms with Gasteiger partial charge in [0.25, 0.3) is 0 Å². The van der Waals surface area contributed by atoms with Crippen LogP contribution >= 0.6 is 0 Å². The second-order valence-electron chi connectivity index (χ2n) is 5.52. The van der Waals surface area contributed by atoms with Gasteiger partial charge in [0.2, 0.25) is 5.91 Å². The minimum absolute atomic E-state index is 0.247. The highest BCUT2D eigenvalue weighted by Gasteiger charge is 2.41. The summed E-state index contributed by atoms with van der Waals surface area (Å²) in [6.45, 7) is 0. The molecule has 110 valence electrons. The van der Waals surface area contributed by atoms with Gasteiger partial charge in [-0.2, -0.15) is 5.26 Å². The highest BCUT2D eigenvalue weighted by molar-refractivity contribution is 5.97. The number of nitriles is 1. The molecule has 0 spiro atoms. The minimum atomic E-state index is -0.891. The van der Waals surface area contributed by atoms with Crippen LogP contribution in [0.3, 0.4) is 0 Å². The molecule has 0 bridgehead atoms. The zero-order valence-electron chi connectivity index (χ0n) is 12.1. The first-order chi connectivity index (χ1) is 10.7. The molecule has 5 heteroatoms. The van der Waals surface area contributed by atoms with Gasteiger partial charge in [0, 0.05) is 5.56 Å². The molecule has 1 N–H and O–H groups in total. The quantitative estimate of drug-likeness (QED) is 0.942. The summed E-state index contributed by atoms with van der Waals surface area (Å²) in [7, 11) is 0. The van der Waals surface area contributed by atoms with Crippen molar-refractivity contribution in [3.63, 3.8) is 0 Å². The molecule has 22 heavy (non-hydrogen) atoms. The van der Waals surface area contributed by atoms with Crippen molar-refractivity contribution in [2.24, 2.45) is 5.41 Å². The molecule has 2 aromatic rings. The number of rotatable bonds is 3. The zero-order valence-corrected chi connectivity index (χ0v) is 12.1. The van der Waals surface area contributed by atoms with E-state index in [0.717, 1.165) is 18.4 Å². The van der Waals surface area contributed by atoms with E-state index in [4.69, 9.17) is 0 Å². The first-order valence-electron chi connectivity index (χ1n) is 7.34. The average molecular weight is 292 g/mol. The lowest BCUT2D eigenvalue weighted by Crippen LogP contribution is -2.32. The lowest BCUT2D eigenvalue weighted by molar-refractivity contribution is -0.122. The molecule has 1 saturated carbocycles. The Bertz CT molecular complexity index is 698. The topological polar surface area (TPSA) is 78.7 Å². The Morgan fingerprint density at radius 2 is 1.77 bits per heavy atom. The normalized spacial score (nSPS) is 16.0. The number of hydrogen-bond acceptors (Lipinski definition) is 4. The van der Waals surface area contributed by atoms with Crippen molar-refractivity contribution in [1.82, 2.24) is 9.97 Å². The van der Waals surface area contributed by atoms with E-state index in [1.165, 1.54) is 0 Å². The fourth-order valence-corrected chi connectivity index (χ4v) is 2.75. The molecular formula is C17H16N4O. The van der Waals surface area contributed by atoms with E-state index in [0.29, 0.717) is 24.4 Å². The average Bonchev–Trinajstić information content (AvgIpc) is 3.07. The van der Waals surface area contributed by atoms with Crippen molar-refractivity contribution in [3.05, 3.63) is 42.7 Å². The van der Waals surface area contributed by atoms with Gasteiger partial charge in [0.15, 0.2) is 5.82 Å². The van der Waals surface area contributed by atoms with E-state index in [1.807, 2.05) is 30.3 Å². The Hall–Kier alpha value is -2.74. The van der Waals surface area contributed by atoms with Crippen LogP contribution in [0, 0.1) is 16.7 Å². The summed E-state index contributed by atoms with van der Waals surface area (Å²) in [6, 6.07) is 11.8. The number of nitrogens with zero attached hydrogens (tertiary/aromatic N) is 3. The number of carbonyl (C=O) groups is 1. The van der Waals surface area contributed by atoms with E-state index in [-0.39, 0.29) is 5.91 Å². The van der Waals surface area contributed by atoms with E-state index >= 15 is 0 Å². The number of anilines is 1. The number of aromatic nitrogens is 2. The summed E-state index contributed by atoms with van der Waals surface area (Å²) in [4.78, 5) is 20.9. The van der Waals surface area contributed by atoms with Gasteiger partial charge in [-0.3, -0.25) is 4.79 Å². The molecule has 5 nitrogen and oxygen atoms in total. The second-order valence-corrected chi connectivity index (χ2v) is 5.52. The van der Waals surface area contributed by atoms with Crippen molar-refractivity contribution in [2.45, 2.75) is 25.7 Å². The molecule has 1 amide bonds. The Kier molecular flexibility index (Phi) is 3.84. The zero-order chi connectivity index (χ0) is 15.4. The lowest BCUT2D eigenvalue weighted by atomic mass is 9.87. The summed E-state index contributed by atoms with van der Waals surface area (Å²) in [5.74, 6) is 0.359. The van der Waals surface area contributed by atoms with Crippen LogP contribution in [0.2, 0.25) is 0 Å². The Morgan fingerprint density at radius 1 is 1.14 bits per heavy atom. The monoisotopic (exact) mass is 292 g/mol. The largest absolute Gasteiger partial charge is 0.322 e. The van der Waals surface area contributed by atoms with Gasteiger partial charge in [-0.15, -0.1) is 0 Å². The second kappa shape index (κ2) is 5.94. The van der Waals surface area contributed by atoms with Gasteiger partial charge in [-0.05, 0) is 12.8 Å². The van der Waals surface area contributed by atoms with Crippen LogP contribution in [0.4, 0.5) is 5.69 Å². The van der Waals surface area contributed by atoms with Crippen molar-refractivity contribution >= 4 is 11.6 Å². The van der Waals surface area contributed by atoms with E-state index in [9.17, 15) is 10.1 Å². The molecule has 0 saturated heterocycles. The first kappa shape index (κ1) is 14.2. The maximum Gasteiger partial charge on any atom is 0.244 e. The van der Waals surface area contributed by atoms with Crippen molar-refractivity contribution in [1.29, 1.82) is 5.26 Å². The van der Waals surface area contributed by atoms with Crippen LogP contribution in [0.15, 0.2) is 42.7 Å². The van der Waals surface area contributed by atoms with E-state index in [1.54, 1.807) is 12.4 Å². The van der Waals surface area contributed by atoms with Gasteiger partial charge in [-0.1, -0.05) is 43.2 Å². The van der Waals surface area contributed by atoms with E-state index in [2.05, 4.69) is 21.4 Å². The number of amides is 1. The molecule has 0 aliphatic heterocycles. The fourth-order valence-electron chi connectivity index (χ4n) is 2.75. The van der Waals surface area contributed by atoms with Crippen molar-refractivity contribution in [2.75, 3.05) is 5.32 Å². The Balaban J connectivity index is 1.74. The number of nitrogens with one attached hydrogen (secondary N) is 1. The third kappa shape index (κ3) is 2.68.